The molecule has 1 heterocycles. The predicted octanol–water partition coefficient (Wildman–Crippen LogP) is 3.38. The number of nitrogens with zero attached hydrogens (tertiary/aromatic N) is 1. The average molecular weight is 363 g/mol. The number of halogens is 1. The number of nitrogens with one attached hydrogen (secondary N) is 1. The Morgan fingerprint density at radius 3 is 2.76 bits per heavy atom. The molecule has 0 aliphatic heterocycles. The first-order valence-electron chi connectivity index (χ1n) is 7.75. The molecule has 0 fully saturated rings. The van der Waals surface area contributed by atoms with Gasteiger partial charge >= 0.3 is 5.97 Å². The van der Waals surface area contributed by atoms with E-state index < -0.39 is 18.0 Å². The fraction of sp³-hybridized carbons (Fsp3) is 0.278. The van der Waals surface area contributed by atoms with E-state index in [-0.39, 0.29) is 13.0 Å². The molecular weight excluding hydrogens is 344 g/mol. The molecule has 0 unspecified atom stereocenters. The first kappa shape index (κ1) is 18.7. The summed E-state index contributed by atoms with van der Waals surface area (Å²) < 4.78 is 10.6. The minimum absolute atomic E-state index is 0.0464. The second-order valence-electron chi connectivity index (χ2n) is 5.40. The molecule has 0 aliphatic rings. The summed E-state index contributed by atoms with van der Waals surface area (Å²) in [6, 6.07) is 10.7. The Kier molecular flexibility index (Phi) is 6.77. The topological polar surface area (TPSA) is 77.5 Å². The number of esters is 1. The summed E-state index contributed by atoms with van der Waals surface area (Å²) in [5, 5.41) is 3.01. The fourth-order valence-electron chi connectivity index (χ4n) is 1.94. The van der Waals surface area contributed by atoms with Gasteiger partial charge in [0.05, 0.1) is 18.1 Å². The third kappa shape index (κ3) is 6.43. The quantitative estimate of drug-likeness (QED) is 0.764. The van der Waals surface area contributed by atoms with Crippen molar-refractivity contribution in [2.75, 3.05) is 11.9 Å². The molecule has 0 bridgehead atoms. The molecule has 0 saturated heterocycles. The number of amides is 1. The van der Waals surface area contributed by atoms with Crippen molar-refractivity contribution >= 4 is 29.3 Å². The molecule has 1 amide bonds. The van der Waals surface area contributed by atoms with Crippen molar-refractivity contribution in [2.45, 2.75) is 26.4 Å². The molecule has 7 heteroatoms. The van der Waals surface area contributed by atoms with E-state index in [2.05, 4.69) is 10.3 Å². The van der Waals surface area contributed by atoms with Crippen LogP contribution in [0.4, 0.5) is 5.82 Å². The number of hydrogen-bond donors (Lipinski definition) is 1. The van der Waals surface area contributed by atoms with Gasteiger partial charge in [-0.1, -0.05) is 23.7 Å². The van der Waals surface area contributed by atoms with E-state index in [4.69, 9.17) is 21.1 Å². The lowest BCUT2D eigenvalue weighted by molar-refractivity contribution is -0.153. The highest BCUT2D eigenvalue weighted by Crippen LogP contribution is 2.13. The number of rotatable bonds is 7. The van der Waals surface area contributed by atoms with Gasteiger partial charge in [0.2, 0.25) is 0 Å². The Morgan fingerprint density at radius 1 is 1.28 bits per heavy atom. The van der Waals surface area contributed by atoms with Crippen molar-refractivity contribution in [3.8, 4) is 5.75 Å². The number of hydrogen-bond acceptors (Lipinski definition) is 5. The number of carbonyl (C=O) groups is 2. The minimum Gasteiger partial charge on any atom is -0.493 e. The first-order valence-corrected chi connectivity index (χ1v) is 8.13. The predicted molar refractivity (Wildman–Crippen MR) is 94.7 cm³/mol. The maximum absolute atomic E-state index is 12.0. The Bertz CT molecular complexity index is 734. The van der Waals surface area contributed by atoms with Crippen LogP contribution in [0.3, 0.4) is 0 Å². The Balaban J connectivity index is 1.73. The van der Waals surface area contributed by atoms with Crippen molar-refractivity contribution in [1.29, 1.82) is 0 Å². The van der Waals surface area contributed by atoms with Gasteiger partial charge in [0.1, 0.15) is 11.6 Å². The van der Waals surface area contributed by atoms with E-state index in [0.717, 1.165) is 5.56 Å². The van der Waals surface area contributed by atoms with Gasteiger partial charge in [-0.05, 0) is 43.7 Å². The largest absolute Gasteiger partial charge is 0.493 e. The zero-order valence-electron chi connectivity index (χ0n) is 14.0. The SMILES string of the molecule is Cc1cccc(OCCC(=O)O[C@@H](C)C(=O)Nc2ccc(Cl)cn2)c1. The molecule has 6 nitrogen and oxygen atoms in total. The van der Waals surface area contributed by atoms with Gasteiger partial charge in [-0.15, -0.1) is 0 Å². The highest BCUT2D eigenvalue weighted by atomic mass is 35.5. The zero-order chi connectivity index (χ0) is 18.2. The van der Waals surface area contributed by atoms with Crippen molar-refractivity contribution in [2.24, 2.45) is 0 Å². The van der Waals surface area contributed by atoms with Crippen LogP contribution in [0.1, 0.15) is 18.9 Å². The lowest BCUT2D eigenvalue weighted by atomic mass is 10.2. The van der Waals surface area contributed by atoms with E-state index >= 15 is 0 Å². The number of pyridine rings is 1. The highest BCUT2D eigenvalue weighted by Gasteiger charge is 2.18. The second kappa shape index (κ2) is 9.03. The van der Waals surface area contributed by atoms with Crippen LogP contribution in [0.15, 0.2) is 42.6 Å². The molecule has 0 saturated carbocycles. The van der Waals surface area contributed by atoms with Crippen molar-refractivity contribution in [3.05, 3.63) is 53.2 Å². The maximum atomic E-state index is 12.0. The van der Waals surface area contributed by atoms with E-state index in [1.807, 2.05) is 31.2 Å². The molecule has 0 aliphatic carbocycles. The van der Waals surface area contributed by atoms with Crippen LogP contribution in [0.5, 0.6) is 5.75 Å². The lowest BCUT2D eigenvalue weighted by Crippen LogP contribution is -2.30. The van der Waals surface area contributed by atoms with Gasteiger partial charge in [-0.25, -0.2) is 4.98 Å². The summed E-state index contributed by atoms with van der Waals surface area (Å²) in [5.41, 5.74) is 1.07. The molecule has 1 atom stereocenters. The molecule has 0 radical (unpaired) electrons. The first-order chi connectivity index (χ1) is 11.9. The van der Waals surface area contributed by atoms with Crippen LogP contribution in [-0.4, -0.2) is 29.6 Å². The standard InChI is InChI=1S/C18H19ClN2O4/c1-12-4-3-5-15(10-12)24-9-8-17(22)25-13(2)18(23)21-16-7-6-14(19)11-20-16/h3-7,10-11,13H,8-9H2,1-2H3,(H,20,21,23)/t13-/m0/s1. The lowest BCUT2D eigenvalue weighted by Gasteiger charge is -2.13. The molecular formula is C18H19ClN2O4. The number of carbonyl (C=O) groups excluding carboxylic acids is 2. The number of anilines is 1. The number of aromatic nitrogens is 1. The van der Waals surface area contributed by atoms with Gasteiger partial charge in [-0.2, -0.15) is 0 Å². The summed E-state index contributed by atoms with van der Waals surface area (Å²) in [4.78, 5) is 27.7. The van der Waals surface area contributed by atoms with Gasteiger partial charge in [0, 0.05) is 6.20 Å². The van der Waals surface area contributed by atoms with Crippen molar-refractivity contribution in [1.82, 2.24) is 4.98 Å². The van der Waals surface area contributed by atoms with Crippen LogP contribution in [0.2, 0.25) is 5.02 Å². The van der Waals surface area contributed by atoms with E-state index in [1.54, 1.807) is 12.1 Å². The van der Waals surface area contributed by atoms with Crippen LogP contribution >= 0.6 is 11.6 Å². The van der Waals surface area contributed by atoms with Gasteiger partial charge in [-0.3, -0.25) is 9.59 Å². The normalized spacial score (nSPS) is 11.5. The van der Waals surface area contributed by atoms with Gasteiger partial charge < -0.3 is 14.8 Å². The smallest absolute Gasteiger partial charge is 0.310 e. The van der Waals surface area contributed by atoms with E-state index in [0.29, 0.717) is 16.6 Å². The van der Waals surface area contributed by atoms with Gasteiger partial charge in [0.25, 0.3) is 5.91 Å². The van der Waals surface area contributed by atoms with E-state index in [1.165, 1.54) is 13.1 Å². The summed E-state index contributed by atoms with van der Waals surface area (Å²) in [6.45, 7) is 3.62. The summed E-state index contributed by atoms with van der Waals surface area (Å²) in [5.74, 6) is 0.0367. The molecule has 1 aromatic heterocycles. The molecule has 0 spiro atoms. The highest BCUT2D eigenvalue weighted by molar-refractivity contribution is 6.30. The minimum atomic E-state index is -0.941. The molecule has 2 aromatic rings. The number of ether oxygens (including phenoxy) is 2. The third-order valence-corrected chi connectivity index (χ3v) is 3.44. The van der Waals surface area contributed by atoms with Crippen molar-refractivity contribution in [3.63, 3.8) is 0 Å². The number of aryl methyl sites for hydroxylation is 1. The average Bonchev–Trinajstić information content (AvgIpc) is 2.57. The Morgan fingerprint density at radius 2 is 2.08 bits per heavy atom. The third-order valence-electron chi connectivity index (χ3n) is 3.22. The number of benzene rings is 1. The summed E-state index contributed by atoms with van der Waals surface area (Å²) in [7, 11) is 0. The summed E-state index contributed by atoms with van der Waals surface area (Å²) >= 11 is 5.72. The monoisotopic (exact) mass is 362 g/mol. The van der Waals surface area contributed by atoms with Crippen LogP contribution < -0.4 is 10.1 Å². The van der Waals surface area contributed by atoms with Crippen molar-refractivity contribution < 1.29 is 19.1 Å². The van der Waals surface area contributed by atoms with Crippen LogP contribution in [-0.2, 0) is 14.3 Å². The van der Waals surface area contributed by atoms with Gasteiger partial charge in [0.15, 0.2) is 6.10 Å². The van der Waals surface area contributed by atoms with E-state index in [9.17, 15) is 9.59 Å². The molecule has 2 rings (SSSR count). The molecule has 132 valence electrons. The van der Waals surface area contributed by atoms with Crippen LogP contribution in [0.25, 0.3) is 0 Å². The molecule has 1 aromatic carbocycles. The Hall–Kier alpha value is -2.60. The maximum Gasteiger partial charge on any atom is 0.310 e. The summed E-state index contributed by atoms with van der Waals surface area (Å²) in [6.07, 6.45) is 0.519. The Labute approximate surface area is 151 Å². The molecule has 1 N–H and O–H groups in total. The molecule has 25 heavy (non-hydrogen) atoms. The zero-order valence-corrected chi connectivity index (χ0v) is 14.7. The second-order valence-corrected chi connectivity index (χ2v) is 5.83. The fourth-order valence-corrected chi connectivity index (χ4v) is 2.06. The van der Waals surface area contributed by atoms with Crippen LogP contribution in [0, 0.1) is 6.92 Å².